The molecule has 0 spiro atoms. The summed E-state index contributed by atoms with van der Waals surface area (Å²) < 4.78 is 5.78. The molecular formula is C17H21ClN2O3. The first-order valence-corrected chi connectivity index (χ1v) is 8.21. The monoisotopic (exact) mass is 336 g/mol. The van der Waals surface area contributed by atoms with Crippen LogP contribution < -0.4 is 4.74 Å². The summed E-state index contributed by atoms with van der Waals surface area (Å²) in [5, 5.41) is 9.96. The lowest BCUT2D eigenvalue weighted by Gasteiger charge is -2.22. The number of aromatic nitrogens is 2. The Balaban J connectivity index is 2.24. The van der Waals surface area contributed by atoms with E-state index in [-0.39, 0.29) is 5.92 Å². The van der Waals surface area contributed by atoms with Crippen molar-refractivity contribution in [3.63, 3.8) is 0 Å². The van der Waals surface area contributed by atoms with E-state index in [2.05, 4.69) is 16.9 Å². The predicted molar refractivity (Wildman–Crippen MR) is 89.9 cm³/mol. The van der Waals surface area contributed by atoms with Crippen LogP contribution in [0.3, 0.4) is 0 Å². The van der Waals surface area contributed by atoms with Crippen molar-refractivity contribution < 1.29 is 14.6 Å². The highest BCUT2D eigenvalue weighted by atomic mass is 35.5. The first kappa shape index (κ1) is 17.5. The van der Waals surface area contributed by atoms with E-state index in [0.29, 0.717) is 21.8 Å². The molecule has 0 aliphatic rings. The first-order valence-electron chi connectivity index (χ1n) is 7.83. The Morgan fingerprint density at radius 2 is 1.96 bits per heavy atom. The predicted octanol–water partition coefficient (Wildman–Crippen LogP) is 4.33. The maximum atomic E-state index is 11.6. The van der Waals surface area contributed by atoms with Gasteiger partial charge in [0.05, 0.1) is 5.02 Å². The molecule has 1 aromatic carbocycles. The fourth-order valence-electron chi connectivity index (χ4n) is 2.51. The van der Waals surface area contributed by atoms with Crippen LogP contribution in [0.25, 0.3) is 11.0 Å². The molecule has 0 aliphatic heterocycles. The highest BCUT2D eigenvalue weighted by Crippen LogP contribution is 2.30. The van der Waals surface area contributed by atoms with Gasteiger partial charge in [0, 0.05) is 18.3 Å². The van der Waals surface area contributed by atoms with Crippen LogP contribution in [0.15, 0.2) is 24.5 Å². The van der Waals surface area contributed by atoms with E-state index >= 15 is 0 Å². The molecule has 2 unspecified atom stereocenters. The molecule has 2 atom stereocenters. The number of nitrogens with zero attached hydrogens (tertiary/aromatic N) is 2. The van der Waals surface area contributed by atoms with Crippen molar-refractivity contribution in [3.8, 4) is 5.75 Å². The van der Waals surface area contributed by atoms with Crippen LogP contribution in [-0.4, -0.2) is 27.1 Å². The van der Waals surface area contributed by atoms with Gasteiger partial charge in [-0.1, -0.05) is 44.7 Å². The quantitative estimate of drug-likeness (QED) is 0.726. The van der Waals surface area contributed by atoms with Gasteiger partial charge in [-0.3, -0.25) is 4.98 Å². The third-order valence-corrected chi connectivity index (χ3v) is 4.12. The van der Waals surface area contributed by atoms with Crippen molar-refractivity contribution in [1.82, 2.24) is 9.97 Å². The maximum Gasteiger partial charge on any atom is 0.345 e. The van der Waals surface area contributed by atoms with Gasteiger partial charge in [0.2, 0.25) is 0 Å². The maximum absolute atomic E-state index is 11.6. The van der Waals surface area contributed by atoms with Gasteiger partial charge in [-0.05, 0) is 18.6 Å². The lowest BCUT2D eigenvalue weighted by Crippen LogP contribution is -2.33. The van der Waals surface area contributed by atoms with Crippen molar-refractivity contribution in [2.75, 3.05) is 0 Å². The molecule has 1 N–H and O–H groups in total. The summed E-state index contributed by atoms with van der Waals surface area (Å²) in [5.74, 6) is -0.672. The van der Waals surface area contributed by atoms with Gasteiger partial charge in [-0.15, -0.1) is 0 Å². The molecule has 2 rings (SSSR count). The zero-order chi connectivity index (χ0) is 16.8. The molecule has 0 radical (unpaired) electrons. The Morgan fingerprint density at radius 1 is 1.26 bits per heavy atom. The molecule has 0 amide bonds. The van der Waals surface area contributed by atoms with Crippen molar-refractivity contribution in [2.24, 2.45) is 5.92 Å². The molecular weight excluding hydrogens is 316 g/mol. The lowest BCUT2D eigenvalue weighted by molar-refractivity contribution is -0.147. The second-order valence-electron chi connectivity index (χ2n) is 5.65. The summed E-state index contributed by atoms with van der Waals surface area (Å²) in [7, 11) is 0. The van der Waals surface area contributed by atoms with Gasteiger partial charge in [0.25, 0.3) is 0 Å². The molecule has 124 valence electrons. The molecule has 23 heavy (non-hydrogen) atoms. The third kappa shape index (κ3) is 4.32. The average molecular weight is 337 g/mol. The number of carbonyl (C=O) groups is 1. The number of aliphatic carboxylic acids is 1. The largest absolute Gasteiger partial charge is 0.478 e. The van der Waals surface area contributed by atoms with Gasteiger partial charge >= 0.3 is 5.97 Å². The number of halogens is 1. The number of fused-ring (bicyclic) bond motifs is 1. The molecule has 1 aromatic heterocycles. The standard InChI is InChI=1S/C17H21ClN2O3/c1-3-4-5-6-11(2)16(17(21)22)23-13-8-7-12(18)14-15(13)20-10-9-19-14/h7-11,16H,3-6H2,1-2H3,(H,21,22). The second kappa shape index (κ2) is 8.11. The van der Waals surface area contributed by atoms with Gasteiger partial charge < -0.3 is 9.84 Å². The molecule has 2 aromatic rings. The van der Waals surface area contributed by atoms with Crippen LogP contribution in [0.4, 0.5) is 0 Å². The molecule has 5 nitrogen and oxygen atoms in total. The number of hydrogen-bond donors (Lipinski definition) is 1. The minimum absolute atomic E-state index is 0.0959. The summed E-state index contributed by atoms with van der Waals surface area (Å²) >= 11 is 6.10. The Hall–Kier alpha value is -1.88. The number of unbranched alkanes of at least 4 members (excludes halogenated alkanes) is 2. The Morgan fingerprint density at radius 3 is 2.61 bits per heavy atom. The molecule has 0 fully saturated rings. The average Bonchev–Trinajstić information content (AvgIpc) is 2.54. The lowest BCUT2D eigenvalue weighted by atomic mass is 9.97. The van der Waals surface area contributed by atoms with Gasteiger partial charge in [0.15, 0.2) is 6.10 Å². The van der Waals surface area contributed by atoms with Gasteiger partial charge in [0.1, 0.15) is 16.8 Å². The van der Waals surface area contributed by atoms with Gasteiger partial charge in [-0.2, -0.15) is 0 Å². The summed E-state index contributed by atoms with van der Waals surface area (Å²) in [6.07, 6.45) is 6.15. The zero-order valence-corrected chi connectivity index (χ0v) is 14.1. The molecule has 0 aliphatic carbocycles. The van der Waals surface area contributed by atoms with E-state index in [1.54, 1.807) is 18.3 Å². The zero-order valence-electron chi connectivity index (χ0n) is 13.3. The molecule has 0 bridgehead atoms. The van der Waals surface area contributed by atoms with E-state index in [1.165, 1.54) is 6.20 Å². The normalized spacial score (nSPS) is 13.7. The minimum atomic E-state index is -0.971. The third-order valence-electron chi connectivity index (χ3n) is 3.82. The smallest absolute Gasteiger partial charge is 0.345 e. The number of benzene rings is 1. The minimum Gasteiger partial charge on any atom is -0.478 e. The summed E-state index contributed by atoms with van der Waals surface area (Å²) in [5.41, 5.74) is 0.987. The molecule has 0 saturated heterocycles. The summed E-state index contributed by atoms with van der Waals surface area (Å²) in [4.78, 5) is 20.0. The van der Waals surface area contributed by atoms with Crippen molar-refractivity contribution >= 4 is 28.6 Å². The van der Waals surface area contributed by atoms with E-state index in [9.17, 15) is 9.90 Å². The van der Waals surface area contributed by atoms with E-state index in [1.807, 2.05) is 6.92 Å². The molecule has 6 heteroatoms. The van der Waals surface area contributed by atoms with E-state index in [0.717, 1.165) is 25.7 Å². The van der Waals surface area contributed by atoms with Crippen LogP contribution in [0.5, 0.6) is 5.75 Å². The summed E-state index contributed by atoms with van der Waals surface area (Å²) in [6, 6.07) is 3.29. The van der Waals surface area contributed by atoms with E-state index in [4.69, 9.17) is 16.3 Å². The van der Waals surface area contributed by atoms with Gasteiger partial charge in [-0.25, -0.2) is 9.78 Å². The number of carboxylic acid groups (broad SMARTS) is 1. The van der Waals surface area contributed by atoms with Crippen molar-refractivity contribution in [2.45, 2.75) is 45.6 Å². The van der Waals surface area contributed by atoms with E-state index < -0.39 is 12.1 Å². The topological polar surface area (TPSA) is 72.3 Å². The fourth-order valence-corrected chi connectivity index (χ4v) is 2.71. The van der Waals surface area contributed by atoms with Crippen LogP contribution in [0.1, 0.15) is 39.5 Å². The Kier molecular flexibility index (Phi) is 6.16. The Labute approximate surface area is 140 Å². The van der Waals surface area contributed by atoms with Crippen LogP contribution in [0.2, 0.25) is 5.02 Å². The van der Waals surface area contributed by atoms with Crippen molar-refractivity contribution in [3.05, 3.63) is 29.5 Å². The number of ether oxygens (including phenoxy) is 1. The Bertz CT molecular complexity index is 678. The molecule has 1 heterocycles. The van der Waals surface area contributed by atoms with Crippen LogP contribution in [-0.2, 0) is 4.79 Å². The van der Waals surface area contributed by atoms with Crippen LogP contribution in [0, 0.1) is 5.92 Å². The number of rotatable bonds is 8. The molecule has 0 saturated carbocycles. The first-order chi connectivity index (χ1) is 11.0. The highest BCUT2D eigenvalue weighted by Gasteiger charge is 2.27. The SMILES string of the molecule is CCCCCC(C)C(Oc1ccc(Cl)c2nccnc12)C(=O)O. The van der Waals surface area contributed by atoms with Crippen molar-refractivity contribution in [1.29, 1.82) is 0 Å². The number of carboxylic acids is 1. The number of hydrogen-bond acceptors (Lipinski definition) is 4. The van der Waals surface area contributed by atoms with Crippen LogP contribution >= 0.6 is 11.6 Å². The second-order valence-corrected chi connectivity index (χ2v) is 6.06. The fraction of sp³-hybridized carbons (Fsp3) is 0.471. The summed E-state index contributed by atoms with van der Waals surface area (Å²) in [6.45, 7) is 4.02. The highest BCUT2D eigenvalue weighted by molar-refractivity contribution is 6.35.